The normalized spacial score (nSPS) is 19.9. The molecule has 0 bridgehead atoms. The van der Waals surface area contributed by atoms with Gasteiger partial charge in [-0.05, 0) is 31.4 Å². The van der Waals surface area contributed by atoms with Crippen LogP contribution in [0.1, 0.15) is 37.7 Å². The van der Waals surface area contributed by atoms with Crippen LogP contribution >= 0.6 is 0 Å². The lowest BCUT2D eigenvalue weighted by Crippen LogP contribution is -2.35. The molecule has 3 nitrogen and oxygen atoms in total. The summed E-state index contributed by atoms with van der Waals surface area (Å²) in [5.41, 5.74) is 9.00. The lowest BCUT2D eigenvalue weighted by atomic mass is 9.88. The van der Waals surface area contributed by atoms with Crippen molar-refractivity contribution in [2.75, 3.05) is 17.2 Å². The number of nitrogen functional groups attached to an aromatic ring is 1. The van der Waals surface area contributed by atoms with E-state index in [4.69, 9.17) is 5.73 Å². The van der Waals surface area contributed by atoms with Crippen LogP contribution in [-0.4, -0.2) is 12.5 Å². The molecular formula is C15H20N2O. The Hall–Kier alpha value is -1.51. The van der Waals surface area contributed by atoms with Crippen molar-refractivity contribution >= 4 is 17.3 Å². The van der Waals surface area contributed by atoms with Gasteiger partial charge < -0.3 is 10.6 Å². The zero-order valence-electron chi connectivity index (χ0n) is 10.7. The van der Waals surface area contributed by atoms with Gasteiger partial charge in [0, 0.05) is 29.4 Å². The molecule has 1 fully saturated rings. The average molecular weight is 244 g/mol. The largest absolute Gasteiger partial charge is 0.398 e. The molecule has 1 amide bonds. The van der Waals surface area contributed by atoms with Gasteiger partial charge in [0.25, 0.3) is 0 Å². The summed E-state index contributed by atoms with van der Waals surface area (Å²) in [6.45, 7) is 0.804. The maximum atomic E-state index is 12.6. The first kappa shape index (κ1) is 11.6. The molecule has 2 aliphatic rings. The zero-order chi connectivity index (χ0) is 12.5. The van der Waals surface area contributed by atoms with Crippen molar-refractivity contribution in [3.63, 3.8) is 0 Å². The summed E-state index contributed by atoms with van der Waals surface area (Å²) in [5.74, 6) is 0.560. The smallest absolute Gasteiger partial charge is 0.230 e. The number of rotatable bonds is 1. The van der Waals surface area contributed by atoms with E-state index >= 15 is 0 Å². The van der Waals surface area contributed by atoms with Gasteiger partial charge in [0.15, 0.2) is 0 Å². The second kappa shape index (κ2) is 4.63. The quantitative estimate of drug-likeness (QED) is 0.772. The number of amides is 1. The maximum absolute atomic E-state index is 12.6. The molecular weight excluding hydrogens is 224 g/mol. The van der Waals surface area contributed by atoms with Crippen molar-refractivity contribution < 1.29 is 4.79 Å². The van der Waals surface area contributed by atoms with Gasteiger partial charge in [-0.2, -0.15) is 0 Å². The molecule has 1 aromatic rings. The van der Waals surface area contributed by atoms with Crippen molar-refractivity contribution in [2.24, 2.45) is 5.92 Å². The van der Waals surface area contributed by atoms with Crippen LogP contribution in [0.15, 0.2) is 18.2 Å². The van der Waals surface area contributed by atoms with Crippen LogP contribution in [0, 0.1) is 5.92 Å². The lowest BCUT2D eigenvalue weighted by Gasteiger charge is -2.26. The number of nitrogens with two attached hydrogens (primary N) is 1. The monoisotopic (exact) mass is 244 g/mol. The molecule has 0 unspecified atom stereocenters. The van der Waals surface area contributed by atoms with Crippen LogP contribution in [0.5, 0.6) is 0 Å². The van der Waals surface area contributed by atoms with E-state index in [1.54, 1.807) is 0 Å². The van der Waals surface area contributed by atoms with E-state index in [2.05, 4.69) is 0 Å². The summed E-state index contributed by atoms with van der Waals surface area (Å²) in [4.78, 5) is 14.5. The first-order chi connectivity index (χ1) is 8.77. The third-order valence-corrected chi connectivity index (χ3v) is 4.28. The predicted molar refractivity (Wildman–Crippen MR) is 73.5 cm³/mol. The summed E-state index contributed by atoms with van der Waals surface area (Å²) in [5, 5.41) is 0. The van der Waals surface area contributed by atoms with Crippen LogP contribution in [0.25, 0.3) is 0 Å². The molecule has 0 saturated heterocycles. The van der Waals surface area contributed by atoms with Crippen LogP contribution in [-0.2, 0) is 11.2 Å². The molecule has 96 valence electrons. The fraction of sp³-hybridized carbons (Fsp3) is 0.533. The van der Waals surface area contributed by atoms with Crippen molar-refractivity contribution in [2.45, 2.75) is 38.5 Å². The van der Waals surface area contributed by atoms with E-state index in [9.17, 15) is 4.79 Å². The standard InChI is InChI=1S/C15H20N2O/c16-13-7-4-8-14-12(13)9-10-17(14)15(18)11-5-2-1-3-6-11/h4,7-8,11H,1-3,5-6,9-10,16H2. The minimum absolute atomic E-state index is 0.242. The number of carbonyl (C=O) groups is 1. The number of benzene rings is 1. The number of hydrogen-bond acceptors (Lipinski definition) is 2. The molecule has 0 spiro atoms. The number of anilines is 2. The summed E-state index contributed by atoms with van der Waals surface area (Å²) in [7, 11) is 0. The molecule has 1 aromatic carbocycles. The Morgan fingerprint density at radius 3 is 2.78 bits per heavy atom. The van der Waals surface area contributed by atoms with Gasteiger partial charge in [0.2, 0.25) is 5.91 Å². The fourth-order valence-electron chi connectivity index (χ4n) is 3.26. The second-order valence-electron chi connectivity index (χ2n) is 5.42. The number of carbonyl (C=O) groups excluding carboxylic acids is 1. The highest BCUT2D eigenvalue weighted by Gasteiger charge is 2.31. The summed E-state index contributed by atoms with van der Waals surface area (Å²) >= 11 is 0. The molecule has 0 atom stereocenters. The van der Waals surface area contributed by atoms with Gasteiger partial charge in [0.1, 0.15) is 0 Å². The van der Waals surface area contributed by atoms with Crippen LogP contribution in [0.3, 0.4) is 0 Å². The highest BCUT2D eigenvalue weighted by molar-refractivity contribution is 5.97. The predicted octanol–water partition coefficient (Wildman–Crippen LogP) is 2.74. The molecule has 0 aromatic heterocycles. The average Bonchev–Trinajstić information content (AvgIpc) is 2.84. The Bertz CT molecular complexity index is 464. The number of fused-ring (bicyclic) bond motifs is 1. The molecule has 0 radical (unpaired) electrons. The third kappa shape index (κ3) is 1.88. The second-order valence-corrected chi connectivity index (χ2v) is 5.42. The highest BCUT2D eigenvalue weighted by Crippen LogP contribution is 2.35. The molecule has 3 rings (SSSR count). The Morgan fingerprint density at radius 1 is 1.22 bits per heavy atom. The molecule has 1 saturated carbocycles. The van der Waals surface area contributed by atoms with E-state index in [-0.39, 0.29) is 5.92 Å². The van der Waals surface area contributed by atoms with E-state index in [0.717, 1.165) is 42.7 Å². The van der Waals surface area contributed by atoms with E-state index in [1.165, 1.54) is 19.3 Å². The lowest BCUT2D eigenvalue weighted by molar-refractivity contribution is -0.123. The van der Waals surface area contributed by atoms with Gasteiger partial charge in [-0.25, -0.2) is 0 Å². The SMILES string of the molecule is Nc1cccc2c1CCN2C(=O)C1CCCCC1. The van der Waals surface area contributed by atoms with Gasteiger partial charge in [-0.1, -0.05) is 25.3 Å². The minimum Gasteiger partial charge on any atom is -0.398 e. The molecule has 18 heavy (non-hydrogen) atoms. The van der Waals surface area contributed by atoms with Crippen molar-refractivity contribution in [1.29, 1.82) is 0 Å². The first-order valence-electron chi connectivity index (χ1n) is 6.96. The molecule has 2 N–H and O–H groups in total. The summed E-state index contributed by atoms with van der Waals surface area (Å²) in [6, 6.07) is 5.90. The molecule has 1 heterocycles. The Kier molecular flexibility index (Phi) is 2.98. The summed E-state index contributed by atoms with van der Waals surface area (Å²) in [6.07, 6.45) is 6.72. The van der Waals surface area contributed by atoms with Crippen LogP contribution in [0.4, 0.5) is 11.4 Å². The Labute approximate surface area is 108 Å². The van der Waals surface area contributed by atoms with Crippen LogP contribution in [0.2, 0.25) is 0 Å². The van der Waals surface area contributed by atoms with Crippen molar-refractivity contribution in [3.8, 4) is 0 Å². The van der Waals surface area contributed by atoms with E-state index in [1.807, 2.05) is 23.1 Å². The molecule has 3 heteroatoms. The maximum Gasteiger partial charge on any atom is 0.230 e. The fourth-order valence-corrected chi connectivity index (χ4v) is 3.26. The molecule has 1 aliphatic heterocycles. The summed E-state index contributed by atoms with van der Waals surface area (Å²) < 4.78 is 0. The number of nitrogens with zero attached hydrogens (tertiary/aromatic N) is 1. The topological polar surface area (TPSA) is 46.3 Å². The number of hydrogen-bond donors (Lipinski definition) is 1. The Balaban J connectivity index is 1.83. The van der Waals surface area contributed by atoms with E-state index < -0.39 is 0 Å². The van der Waals surface area contributed by atoms with Crippen molar-refractivity contribution in [3.05, 3.63) is 23.8 Å². The third-order valence-electron chi connectivity index (χ3n) is 4.28. The minimum atomic E-state index is 0.242. The first-order valence-corrected chi connectivity index (χ1v) is 6.96. The van der Waals surface area contributed by atoms with Gasteiger partial charge >= 0.3 is 0 Å². The molecule has 1 aliphatic carbocycles. The van der Waals surface area contributed by atoms with Gasteiger partial charge in [0.05, 0.1) is 0 Å². The van der Waals surface area contributed by atoms with E-state index in [0.29, 0.717) is 5.91 Å². The van der Waals surface area contributed by atoms with Gasteiger partial charge in [-0.15, -0.1) is 0 Å². The van der Waals surface area contributed by atoms with Crippen LogP contribution < -0.4 is 10.6 Å². The van der Waals surface area contributed by atoms with Gasteiger partial charge in [-0.3, -0.25) is 4.79 Å². The zero-order valence-corrected chi connectivity index (χ0v) is 10.7. The highest BCUT2D eigenvalue weighted by atomic mass is 16.2. The Morgan fingerprint density at radius 2 is 2.00 bits per heavy atom. The van der Waals surface area contributed by atoms with Crippen molar-refractivity contribution in [1.82, 2.24) is 0 Å².